The van der Waals surface area contributed by atoms with E-state index in [0.29, 0.717) is 5.69 Å². The lowest BCUT2D eigenvalue weighted by Crippen LogP contribution is -2.45. The average Bonchev–Trinajstić information content (AvgIpc) is 2.26. The molecule has 1 aliphatic rings. The fraction of sp³-hybridized carbons (Fsp3) is 0.333. The van der Waals surface area contributed by atoms with Gasteiger partial charge in [0.05, 0.1) is 12.2 Å². The van der Waals surface area contributed by atoms with Crippen molar-refractivity contribution in [3.8, 4) is 0 Å². The first-order valence-corrected chi connectivity index (χ1v) is 4.93. The van der Waals surface area contributed by atoms with Gasteiger partial charge in [0.15, 0.2) is 5.15 Å². The molecule has 16 heavy (non-hydrogen) atoms. The average molecular weight is 242 g/mol. The number of morpholine rings is 1. The van der Waals surface area contributed by atoms with Gasteiger partial charge in [-0.15, -0.1) is 5.10 Å². The molecule has 1 aliphatic heterocycles. The summed E-state index contributed by atoms with van der Waals surface area (Å²) in [6.45, 7) is -0.0509. The summed E-state index contributed by atoms with van der Waals surface area (Å²) in [6.07, 6.45) is 0. The number of nitrogens with zero attached hydrogens (tertiary/aromatic N) is 3. The fourth-order valence-electron chi connectivity index (χ4n) is 1.29. The first-order chi connectivity index (χ1) is 7.66. The molecule has 1 aromatic rings. The third kappa shape index (κ3) is 2.34. The first-order valence-electron chi connectivity index (χ1n) is 4.56. The van der Waals surface area contributed by atoms with E-state index in [1.165, 1.54) is 0 Å². The minimum atomic E-state index is -0.368. The summed E-state index contributed by atoms with van der Waals surface area (Å²) in [6, 6.07) is 3.17. The highest BCUT2D eigenvalue weighted by molar-refractivity contribution is 6.29. The van der Waals surface area contributed by atoms with Crippen molar-refractivity contribution in [1.29, 1.82) is 0 Å². The highest BCUT2D eigenvalue weighted by Gasteiger charge is 2.26. The van der Waals surface area contributed by atoms with Crippen LogP contribution in [0, 0.1) is 0 Å². The first kappa shape index (κ1) is 11.0. The number of hydrogen-bond donors (Lipinski definition) is 0. The molecule has 1 saturated heterocycles. The van der Waals surface area contributed by atoms with Gasteiger partial charge in [0, 0.05) is 0 Å². The Hall–Kier alpha value is -1.53. The summed E-state index contributed by atoms with van der Waals surface area (Å²) < 4.78 is 4.78. The number of carbonyl (C=O) groups excluding carboxylic acids is 2. The molecule has 0 saturated carbocycles. The van der Waals surface area contributed by atoms with Crippen molar-refractivity contribution in [1.82, 2.24) is 15.1 Å². The van der Waals surface area contributed by atoms with Crippen molar-refractivity contribution in [3.63, 3.8) is 0 Å². The molecule has 2 heterocycles. The molecular weight excluding hydrogens is 234 g/mol. The van der Waals surface area contributed by atoms with E-state index in [2.05, 4.69) is 10.2 Å². The SMILES string of the molecule is O=C1COCC(=O)N1Cc1ccc(Cl)nn1. The molecule has 0 atom stereocenters. The Balaban J connectivity index is 2.10. The smallest absolute Gasteiger partial charge is 0.255 e. The van der Waals surface area contributed by atoms with Crippen LogP contribution in [0.1, 0.15) is 5.69 Å². The number of carbonyl (C=O) groups is 2. The lowest BCUT2D eigenvalue weighted by Gasteiger charge is -2.24. The quantitative estimate of drug-likeness (QED) is 0.683. The molecule has 2 amide bonds. The Bertz CT molecular complexity index is 405. The zero-order chi connectivity index (χ0) is 11.5. The van der Waals surface area contributed by atoms with Crippen molar-refractivity contribution in [2.45, 2.75) is 6.54 Å². The van der Waals surface area contributed by atoms with Gasteiger partial charge in [-0.1, -0.05) is 11.6 Å². The maximum absolute atomic E-state index is 11.4. The Labute approximate surface area is 96.2 Å². The second-order valence-electron chi connectivity index (χ2n) is 3.21. The topological polar surface area (TPSA) is 72.4 Å². The van der Waals surface area contributed by atoms with E-state index in [1.807, 2.05) is 0 Å². The van der Waals surface area contributed by atoms with Crippen LogP contribution in [0.4, 0.5) is 0 Å². The number of rotatable bonds is 2. The highest BCUT2D eigenvalue weighted by atomic mass is 35.5. The van der Waals surface area contributed by atoms with E-state index < -0.39 is 0 Å². The van der Waals surface area contributed by atoms with Gasteiger partial charge in [0.1, 0.15) is 13.2 Å². The van der Waals surface area contributed by atoms with Crippen molar-refractivity contribution in [2.75, 3.05) is 13.2 Å². The van der Waals surface area contributed by atoms with Gasteiger partial charge in [-0.25, -0.2) is 0 Å². The number of ether oxygens (including phenoxy) is 1. The summed E-state index contributed by atoms with van der Waals surface area (Å²) in [7, 11) is 0. The summed E-state index contributed by atoms with van der Waals surface area (Å²) >= 11 is 5.57. The molecule has 0 spiro atoms. The largest absolute Gasteiger partial charge is 0.362 e. The molecule has 7 heteroatoms. The van der Waals surface area contributed by atoms with Crippen LogP contribution in [-0.4, -0.2) is 40.1 Å². The molecule has 1 fully saturated rings. The monoisotopic (exact) mass is 241 g/mol. The van der Waals surface area contributed by atoms with E-state index in [4.69, 9.17) is 16.3 Å². The van der Waals surface area contributed by atoms with Crippen molar-refractivity contribution in [3.05, 3.63) is 23.0 Å². The van der Waals surface area contributed by atoms with Crippen LogP contribution in [-0.2, 0) is 20.9 Å². The van der Waals surface area contributed by atoms with Crippen molar-refractivity contribution >= 4 is 23.4 Å². The fourth-order valence-corrected chi connectivity index (χ4v) is 1.39. The van der Waals surface area contributed by atoms with Gasteiger partial charge in [-0.2, -0.15) is 5.10 Å². The normalized spacial score (nSPS) is 16.7. The number of hydrogen-bond acceptors (Lipinski definition) is 5. The highest BCUT2D eigenvalue weighted by Crippen LogP contribution is 2.08. The maximum Gasteiger partial charge on any atom is 0.255 e. The molecule has 2 rings (SSSR count). The van der Waals surface area contributed by atoms with Gasteiger partial charge >= 0.3 is 0 Å². The van der Waals surface area contributed by atoms with Crippen LogP contribution in [0.5, 0.6) is 0 Å². The van der Waals surface area contributed by atoms with E-state index >= 15 is 0 Å². The summed E-state index contributed by atoms with van der Waals surface area (Å²) in [5, 5.41) is 7.67. The minimum Gasteiger partial charge on any atom is -0.362 e. The third-order valence-electron chi connectivity index (χ3n) is 2.06. The Morgan fingerprint density at radius 3 is 2.50 bits per heavy atom. The lowest BCUT2D eigenvalue weighted by molar-refractivity contribution is -0.159. The van der Waals surface area contributed by atoms with Gasteiger partial charge < -0.3 is 4.74 Å². The van der Waals surface area contributed by atoms with Crippen molar-refractivity contribution in [2.24, 2.45) is 0 Å². The molecule has 0 radical (unpaired) electrons. The predicted octanol–water partition coefficient (Wildman–Crippen LogP) is 0.0154. The standard InChI is InChI=1S/C9H8ClN3O3/c10-7-2-1-6(11-12-7)3-13-8(14)4-16-5-9(13)15/h1-2H,3-5H2. The minimum absolute atomic E-state index is 0.0766. The van der Waals surface area contributed by atoms with Crippen LogP contribution in [0.3, 0.4) is 0 Å². The number of amides is 2. The van der Waals surface area contributed by atoms with Crippen LogP contribution < -0.4 is 0 Å². The van der Waals surface area contributed by atoms with Gasteiger partial charge in [-0.3, -0.25) is 14.5 Å². The molecule has 0 unspecified atom stereocenters. The van der Waals surface area contributed by atoms with Crippen LogP contribution >= 0.6 is 11.6 Å². The maximum atomic E-state index is 11.4. The second-order valence-corrected chi connectivity index (χ2v) is 3.60. The van der Waals surface area contributed by atoms with Gasteiger partial charge in [-0.05, 0) is 12.1 Å². The van der Waals surface area contributed by atoms with Gasteiger partial charge in [0.25, 0.3) is 11.8 Å². The third-order valence-corrected chi connectivity index (χ3v) is 2.26. The Kier molecular flexibility index (Phi) is 3.12. The Morgan fingerprint density at radius 1 is 1.25 bits per heavy atom. The number of aromatic nitrogens is 2. The number of imide groups is 1. The molecule has 0 bridgehead atoms. The summed E-state index contributed by atoms with van der Waals surface area (Å²) in [4.78, 5) is 23.9. The molecule has 0 aliphatic carbocycles. The van der Waals surface area contributed by atoms with E-state index in [0.717, 1.165) is 4.90 Å². The molecular formula is C9H8ClN3O3. The predicted molar refractivity (Wildman–Crippen MR) is 53.4 cm³/mol. The summed E-state index contributed by atoms with van der Waals surface area (Å²) in [5.74, 6) is -0.735. The van der Waals surface area contributed by atoms with Crippen LogP contribution in [0.25, 0.3) is 0 Å². The second kappa shape index (κ2) is 4.54. The zero-order valence-corrected chi connectivity index (χ0v) is 8.98. The van der Waals surface area contributed by atoms with Crippen molar-refractivity contribution < 1.29 is 14.3 Å². The molecule has 1 aromatic heterocycles. The molecule has 0 aromatic carbocycles. The molecule has 0 N–H and O–H groups in total. The number of halogens is 1. The summed E-state index contributed by atoms with van der Waals surface area (Å²) in [5.41, 5.74) is 0.507. The van der Waals surface area contributed by atoms with Gasteiger partial charge in [0.2, 0.25) is 0 Å². The van der Waals surface area contributed by atoms with Crippen LogP contribution in [0.2, 0.25) is 5.15 Å². The lowest BCUT2D eigenvalue weighted by atomic mass is 10.3. The van der Waals surface area contributed by atoms with E-state index in [1.54, 1.807) is 12.1 Å². The zero-order valence-electron chi connectivity index (χ0n) is 8.22. The van der Waals surface area contributed by atoms with E-state index in [-0.39, 0.29) is 36.7 Å². The molecule has 6 nitrogen and oxygen atoms in total. The molecule has 84 valence electrons. The van der Waals surface area contributed by atoms with Crippen LogP contribution in [0.15, 0.2) is 12.1 Å². The van der Waals surface area contributed by atoms with E-state index in [9.17, 15) is 9.59 Å². The Morgan fingerprint density at radius 2 is 1.94 bits per heavy atom.